The van der Waals surface area contributed by atoms with Crippen molar-refractivity contribution in [1.82, 2.24) is 19.8 Å². The van der Waals surface area contributed by atoms with Gasteiger partial charge in [-0.15, -0.1) is 0 Å². The first-order valence-electron chi connectivity index (χ1n) is 10.6. The first kappa shape index (κ1) is 19.3. The Morgan fingerprint density at radius 3 is 2.77 bits per heavy atom. The predicted molar refractivity (Wildman–Crippen MR) is 122 cm³/mol. The highest BCUT2D eigenvalue weighted by Gasteiger charge is 2.42. The third-order valence-corrected chi connectivity index (χ3v) is 6.43. The fourth-order valence-corrected chi connectivity index (χ4v) is 4.93. The first-order valence-corrected chi connectivity index (χ1v) is 11.0. The number of hydrogen-bond donors (Lipinski definition) is 1. The van der Waals surface area contributed by atoms with Crippen LogP contribution in [0.1, 0.15) is 41.9 Å². The number of ether oxygens (including phenoxy) is 1. The van der Waals surface area contributed by atoms with E-state index in [-0.39, 0.29) is 18.2 Å². The van der Waals surface area contributed by atoms with E-state index in [2.05, 4.69) is 75.4 Å². The van der Waals surface area contributed by atoms with Crippen molar-refractivity contribution in [3.63, 3.8) is 0 Å². The van der Waals surface area contributed by atoms with Gasteiger partial charge in [-0.2, -0.15) is 0 Å². The molecular weight excluding hydrogens is 392 g/mol. The van der Waals surface area contributed by atoms with Gasteiger partial charge in [0.05, 0.1) is 23.9 Å². The maximum absolute atomic E-state index is 5.95. The van der Waals surface area contributed by atoms with E-state index in [4.69, 9.17) is 17.0 Å². The number of aromatic nitrogens is 2. The Labute approximate surface area is 182 Å². The molecule has 0 bridgehead atoms. The summed E-state index contributed by atoms with van der Waals surface area (Å²) in [6.07, 6.45) is 6.40. The number of rotatable bonds is 5. The van der Waals surface area contributed by atoms with Crippen LogP contribution in [0.2, 0.25) is 0 Å². The minimum absolute atomic E-state index is 0.0160. The van der Waals surface area contributed by atoms with Crippen LogP contribution >= 0.6 is 12.2 Å². The van der Waals surface area contributed by atoms with E-state index >= 15 is 0 Å². The van der Waals surface area contributed by atoms with Gasteiger partial charge in [0.25, 0.3) is 0 Å². The van der Waals surface area contributed by atoms with E-state index in [0.29, 0.717) is 0 Å². The molecule has 2 aromatic heterocycles. The minimum atomic E-state index is -0.0160. The average Bonchev–Trinajstić information content (AvgIpc) is 3.51. The lowest BCUT2D eigenvalue weighted by Gasteiger charge is -2.30. The molecule has 2 saturated heterocycles. The van der Waals surface area contributed by atoms with E-state index in [0.717, 1.165) is 36.8 Å². The maximum Gasteiger partial charge on any atom is 0.170 e. The van der Waals surface area contributed by atoms with Crippen LogP contribution in [0.4, 0.5) is 0 Å². The molecule has 0 aliphatic carbocycles. The largest absolute Gasteiger partial charge is 0.376 e. The summed E-state index contributed by atoms with van der Waals surface area (Å²) in [4.78, 5) is 6.95. The van der Waals surface area contributed by atoms with Crippen LogP contribution in [0, 0.1) is 6.92 Å². The second kappa shape index (κ2) is 8.20. The number of thiocarbonyl (C=S) groups is 1. The summed E-state index contributed by atoms with van der Waals surface area (Å²) in [7, 11) is 0. The highest BCUT2D eigenvalue weighted by molar-refractivity contribution is 7.80. The summed E-state index contributed by atoms with van der Waals surface area (Å²) in [5.74, 6) is 0. The molecule has 2 aliphatic rings. The lowest BCUT2D eigenvalue weighted by molar-refractivity contribution is 0.0836. The number of para-hydroxylation sites is 1. The highest BCUT2D eigenvalue weighted by Crippen LogP contribution is 2.40. The molecule has 1 aromatic carbocycles. The van der Waals surface area contributed by atoms with Crippen LogP contribution in [0.25, 0.3) is 5.69 Å². The third kappa shape index (κ3) is 3.50. The van der Waals surface area contributed by atoms with Crippen molar-refractivity contribution < 1.29 is 4.74 Å². The number of pyridine rings is 1. The van der Waals surface area contributed by atoms with E-state index < -0.39 is 0 Å². The molecule has 2 aliphatic heterocycles. The highest BCUT2D eigenvalue weighted by atomic mass is 32.1. The van der Waals surface area contributed by atoms with Gasteiger partial charge in [-0.05, 0) is 67.9 Å². The van der Waals surface area contributed by atoms with Gasteiger partial charge in [-0.3, -0.25) is 4.98 Å². The van der Waals surface area contributed by atoms with Gasteiger partial charge in [0.1, 0.15) is 0 Å². The van der Waals surface area contributed by atoms with Crippen LogP contribution in [-0.4, -0.2) is 38.8 Å². The molecule has 3 aromatic rings. The van der Waals surface area contributed by atoms with Crippen molar-refractivity contribution in [3.8, 4) is 5.69 Å². The molecule has 4 heterocycles. The number of hydrogen-bond acceptors (Lipinski definition) is 3. The molecule has 2 fully saturated rings. The van der Waals surface area contributed by atoms with Gasteiger partial charge in [0.15, 0.2) is 5.11 Å². The molecule has 0 saturated carbocycles. The second-order valence-corrected chi connectivity index (χ2v) is 8.39. The van der Waals surface area contributed by atoms with Crippen LogP contribution in [0.5, 0.6) is 0 Å². The summed E-state index contributed by atoms with van der Waals surface area (Å²) in [5.41, 5.74) is 4.62. The van der Waals surface area contributed by atoms with Gasteiger partial charge in [0, 0.05) is 36.9 Å². The van der Waals surface area contributed by atoms with E-state index in [1.165, 1.54) is 16.9 Å². The molecule has 6 heteroatoms. The lowest BCUT2D eigenvalue weighted by atomic mass is 10.0. The number of aryl methyl sites for hydroxylation is 1. The first-order chi connectivity index (χ1) is 14.7. The zero-order valence-electron chi connectivity index (χ0n) is 17.1. The number of nitrogens with one attached hydrogen (secondary N) is 1. The van der Waals surface area contributed by atoms with Crippen LogP contribution in [0.3, 0.4) is 0 Å². The fourth-order valence-electron chi connectivity index (χ4n) is 4.62. The summed E-state index contributed by atoms with van der Waals surface area (Å²) in [5, 5.41) is 4.32. The zero-order chi connectivity index (χ0) is 20.5. The van der Waals surface area contributed by atoms with Gasteiger partial charge in [-0.1, -0.05) is 24.3 Å². The van der Waals surface area contributed by atoms with Gasteiger partial charge < -0.3 is 19.5 Å². The number of nitrogens with zero attached hydrogens (tertiary/aromatic N) is 3. The van der Waals surface area contributed by atoms with Crippen LogP contribution < -0.4 is 5.32 Å². The van der Waals surface area contributed by atoms with Gasteiger partial charge >= 0.3 is 0 Å². The lowest BCUT2D eigenvalue weighted by Crippen LogP contribution is -2.36. The van der Waals surface area contributed by atoms with Gasteiger partial charge in [0.2, 0.25) is 0 Å². The molecule has 5 rings (SSSR count). The smallest absolute Gasteiger partial charge is 0.170 e. The quantitative estimate of drug-likeness (QED) is 0.625. The Bertz CT molecular complexity index is 1030. The van der Waals surface area contributed by atoms with E-state index in [9.17, 15) is 0 Å². The molecule has 30 heavy (non-hydrogen) atoms. The minimum Gasteiger partial charge on any atom is -0.376 e. The predicted octanol–water partition coefficient (Wildman–Crippen LogP) is 4.33. The molecule has 0 radical (unpaired) electrons. The maximum atomic E-state index is 5.95. The van der Waals surface area contributed by atoms with Crippen molar-refractivity contribution in [2.24, 2.45) is 0 Å². The zero-order valence-corrected chi connectivity index (χ0v) is 17.9. The number of benzene rings is 1. The molecular formula is C24H26N4OS. The Balaban J connectivity index is 1.58. The molecule has 3 atom stereocenters. The second-order valence-electron chi connectivity index (χ2n) is 8.00. The topological polar surface area (TPSA) is 42.3 Å². The summed E-state index contributed by atoms with van der Waals surface area (Å²) in [6, 6.07) is 18.9. The van der Waals surface area contributed by atoms with Gasteiger partial charge in [-0.25, -0.2) is 0 Å². The summed E-state index contributed by atoms with van der Waals surface area (Å²) < 4.78 is 8.24. The molecule has 0 amide bonds. The molecule has 0 spiro atoms. The van der Waals surface area contributed by atoms with E-state index in [1.54, 1.807) is 0 Å². The summed E-state index contributed by atoms with van der Waals surface area (Å²) >= 11 is 5.81. The average molecular weight is 419 g/mol. The Hall–Kier alpha value is -2.70. The standard InChI is InChI=1S/C24H26N4OS/c1-17-8-2-3-11-20(17)27-14-6-12-21(27)23-22(19-10-4-5-13-25-19)26-24(30)28(23)16-18-9-7-15-29-18/h2-6,8,10-14,18,22-23H,7,9,15-16H2,1H3,(H,26,30)/t18-,22-,23-/m1/s1. The van der Waals surface area contributed by atoms with E-state index in [1.807, 2.05) is 18.3 Å². The monoisotopic (exact) mass is 418 g/mol. The Morgan fingerprint density at radius 1 is 1.13 bits per heavy atom. The van der Waals surface area contributed by atoms with Crippen molar-refractivity contribution >= 4 is 17.3 Å². The van der Waals surface area contributed by atoms with Crippen molar-refractivity contribution in [3.05, 3.63) is 83.9 Å². The molecule has 5 nitrogen and oxygen atoms in total. The van der Waals surface area contributed by atoms with Crippen LogP contribution in [-0.2, 0) is 4.74 Å². The Kier molecular flexibility index (Phi) is 5.27. The Morgan fingerprint density at radius 2 is 2.00 bits per heavy atom. The SMILES string of the molecule is Cc1ccccc1-n1cccc1[C@@H]1[C@@H](c2ccccn2)NC(=S)N1C[C@H]1CCCO1. The molecule has 0 unspecified atom stereocenters. The fraction of sp³-hybridized carbons (Fsp3) is 0.333. The summed E-state index contributed by atoms with van der Waals surface area (Å²) in [6.45, 7) is 3.78. The molecule has 154 valence electrons. The van der Waals surface area contributed by atoms with Crippen molar-refractivity contribution in [1.29, 1.82) is 0 Å². The molecule has 1 N–H and O–H groups in total. The third-order valence-electron chi connectivity index (χ3n) is 6.08. The normalized spacial score (nSPS) is 23.7. The van der Waals surface area contributed by atoms with Crippen molar-refractivity contribution in [2.45, 2.75) is 38.0 Å². The van der Waals surface area contributed by atoms with Crippen LogP contribution in [0.15, 0.2) is 67.0 Å². The van der Waals surface area contributed by atoms with Crippen molar-refractivity contribution in [2.75, 3.05) is 13.2 Å².